The Morgan fingerprint density at radius 2 is 2.17 bits per heavy atom. The summed E-state index contributed by atoms with van der Waals surface area (Å²) in [6.07, 6.45) is 0. The molecule has 0 aliphatic heterocycles. The van der Waals surface area contributed by atoms with Crippen LogP contribution in [0, 0.1) is 15.9 Å². The van der Waals surface area contributed by atoms with Gasteiger partial charge in [0.05, 0.1) is 4.92 Å². The van der Waals surface area contributed by atoms with Crippen molar-refractivity contribution in [3.63, 3.8) is 0 Å². The molecule has 12 heavy (non-hydrogen) atoms. The third-order valence-corrected chi connectivity index (χ3v) is 1.33. The van der Waals surface area contributed by atoms with Crippen LogP contribution in [0.1, 0.15) is 0 Å². The maximum atomic E-state index is 12.7. The molecule has 0 aliphatic rings. The predicted octanol–water partition coefficient (Wildman–Crippen LogP) is 1.02. The van der Waals surface area contributed by atoms with E-state index in [9.17, 15) is 14.5 Å². The molecule has 0 fully saturated rings. The number of nitro benzene ring substituents is 1. The highest BCUT2D eigenvalue weighted by Gasteiger charge is 2.17. The fourth-order valence-corrected chi connectivity index (χ4v) is 0.730. The number of benzene rings is 1. The van der Waals surface area contributed by atoms with Crippen molar-refractivity contribution in [2.24, 2.45) is 0 Å². The summed E-state index contributed by atoms with van der Waals surface area (Å²) in [5, 5.41) is 18.9. The minimum absolute atomic E-state index is 0.551. The van der Waals surface area contributed by atoms with E-state index < -0.39 is 27.9 Å². The van der Waals surface area contributed by atoms with Crippen LogP contribution in [-0.4, -0.2) is 10.0 Å². The summed E-state index contributed by atoms with van der Waals surface area (Å²) in [5.41, 5.74) is 3.80. The maximum absolute atomic E-state index is 12.7. The number of nitrogens with two attached hydrogens (primary N) is 1. The average molecular weight is 172 g/mol. The zero-order chi connectivity index (χ0) is 9.30. The molecule has 0 atom stereocenters. The molecule has 0 saturated heterocycles. The fourth-order valence-electron chi connectivity index (χ4n) is 0.730. The Bertz CT molecular complexity index is 340. The Labute approximate surface area is 66.4 Å². The van der Waals surface area contributed by atoms with E-state index in [1.165, 1.54) is 0 Å². The molecule has 0 heterocycles. The van der Waals surface area contributed by atoms with Gasteiger partial charge in [-0.15, -0.1) is 0 Å². The molecule has 64 valence electrons. The molecule has 0 aromatic heterocycles. The normalized spacial score (nSPS) is 9.75. The number of halogens is 1. The van der Waals surface area contributed by atoms with E-state index in [0.717, 1.165) is 12.1 Å². The van der Waals surface area contributed by atoms with E-state index in [-0.39, 0.29) is 0 Å². The maximum Gasteiger partial charge on any atom is 0.295 e. The second kappa shape index (κ2) is 2.65. The molecule has 0 spiro atoms. The topological polar surface area (TPSA) is 89.4 Å². The van der Waals surface area contributed by atoms with Gasteiger partial charge in [0.2, 0.25) is 0 Å². The summed E-state index contributed by atoms with van der Waals surface area (Å²) < 4.78 is 12.7. The Morgan fingerprint density at radius 1 is 1.58 bits per heavy atom. The highest BCUT2D eigenvalue weighted by Crippen LogP contribution is 2.29. The van der Waals surface area contributed by atoms with E-state index in [1.807, 2.05) is 0 Å². The molecule has 0 amide bonds. The van der Waals surface area contributed by atoms with Crippen LogP contribution in [0.3, 0.4) is 0 Å². The van der Waals surface area contributed by atoms with Gasteiger partial charge < -0.3 is 10.8 Å². The number of phenolic OH excluding ortho intramolecular Hbond substituents is 1. The van der Waals surface area contributed by atoms with Gasteiger partial charge in [-0.05, 0) is 6.07 Å². The van der Waals surface area contributed by atoms with Gasteiger partial charge in [0.1, 0.15) is 0 Å². The van der Waals surface area contributed by atoms with E-state index in [1.54, 1.807) is 0 Å². The number of nitrogens with zero attached hydrogens (tertiary/aromatic N) is 1. The van der Waals surface area contributed by atoms with Crippen molar-refractivity contribution in [1.29, 1.82) is 0 Å². The lowest BCUT2D eigenvalue weighted by atomic mass is 10.2. The third-order valence-electron chi connectivity index (χ3n) is 1.33. The lowest BCUT2D eigenvalue weighted by molar-refractivity contribution is -0.384. The van der Waals surface area contributed by atoms with E-state index in [2.05, 4.69) is 0 Å². The Morgan fingerprint density at radius 3 is 2.67 bits per heavy atom. The molecule has 1 aromatic carbocycles. The first kappa shape index (κ1) is 8.25. The van der Waals surface area contributed by atoms with Crippen LogP contribution in [0.5, 0.6) is 5.75 Å². The van der Waals surface area contributed by atoms with Crippen LogP contribution in [0.25, 0.3) is 0 Å². The Hall–Kier alpha value is -1.85. The van der Waals surface area contributed by atoms with Crippen LogP contribution in [0.2, 0.25) is 0 Å². The van der Waals surface area contributed by atoms with Crippen LogP contribution in [-0.2, 0) is 0 Å². The summed E-state index contributed by atoms with van der Waals surface area (Å²) in [6.45, 7) is 0. The second-order valence-electron chi connectivity index (χ2n) is 2.09. The average Bonchev–Trinajstić information content (AvgIpc) is 2.00. The number of nitrogen functional groups attached to an aromatic ring is 1. The van der Waals surface area contributed by atoms with Gasteiger partial charge in [-0.3, -0.25) is 10.1 Å². The first-order valence-corrected chi connectivity index (χ1v) is 2.95. The van der Waals surface area contributed by atoms with Gasteiger partial charge in [-0.2, -0.15) is 0 Å². The molecular weight excluding hydrogens is 167 g/mol. The number of aromatic hydroxyl groups is 1. The monoisotopic (exact) mass is 172 g/mol. The Kier molecular flexibility index (Phi) is 1.82. The number of nitro groups is 1. The first-order valence-electron chi connectivity index (χ1n) is 2.95. The van der Waals surface area contributed by atoms with Gasteiger partial charge in [0.25, 0.3) is 5.69 Å². The minimum Gasteiger partial charge on any atom is -0.505 e. The number of hydrogen-bond acceptors (Lipinski definition) is 4. The summed E-state index contributed by atoms with van der Waals surface area (Å²) >= 11 is 0. The predicted molar refractivity (Wildman–Crippen MR) is 39.1 cm³/mol. The van der Waals surface area contributed by atoms with Crippen molar-refractivity contribution < 1.29 is 14.4 Å². The number of phenols is 1. The molecule has 1 rings (SSSR count). The lowest BCUT2D eigenvalue weighted by Gasteiger charge is -1.99. The van der Waals surface area contributed by atoms with Crippen molar-refractivity contribution in [3.05, 3.63) is 28.1 Å². The third kappa shape index (κ3) is 1.14. The molecule has 3 N–H and O–H groups in total. The molecule has 0 aliphatic carbocycles. The van der Waals surface area contributed by atoms with Crippen LogP contribution >= 0.6 is 0 Å². The van der Waals surface area contributed by atoms with Crippen LogP contribution < -0.4 is 5.73 Å². The van der Waals surface area contributed by atoms with Gasteiger partial charge in [0, 0.05) is 6.07 Å². The van der Waals surface area contributed by atoms with Gasteiger partial charge >= 0.3 is 0 Å². The summed E-state index contributed by atoms with van der Waals surface area (Å²) in [4.78, 5) is 9.34. The molecule has 0 unspecified atom stereocenters. The van der Waals surface area contributed by atoms with E-state index in [4.69, 9.17) is 10.8 Å². The van der Waals surface area contributed by atoms with Crippen molar-refractivity contribution >= 4 is 11.4 Å². The van der Waals surface area contributed by atoms with Crippen molar-refractivity contribution in [3.8, 4) is 5.75 Å². The van der Waals surface area contributed by atoms with Crippen LogP contribution in [0.4, 0.5) is 15.8 Å². The molecule has 0 saturated carbocycles. The number of hydrogen-bond donors (Lipinski definition) is 2. The second-order valence-corrected chi connectivity index (χ2v) is 2.09. The first-order chi connectivity index (χ1) is 5.54. The van der Waals surface area contributed by atoms with Crippen molar-refractivity contribution in [1.82, 2.24) is 0 Å². The molecule has 5 nitrogen and oxygen atoms in total. The van der Waals surface area contributed by atoms with Crippen LogP contribution in [0.15, 0.2) is 12.1 Å². The van der Waals surface area contributed by atoms with Gasteiger partial charge in [0.15, 0.2) is 17.3 Å². The smallest absolute Gasteiger partial charge is 0.295 e. The lowest BCUT2D eigenvalue weighted by Crippen LogP contribution is -1.98. The zero-order valence-electron chi connectivity index (χ0n) is 5.82. The molecule has 0 radical (unpaired) electrons. The standard InChI is InChI=1S/C6H5FN2O3/c7-5-4(10)2-1-3(6(5)8)9(11)12/h1-2,10H,8H2. The minimum atomic E-state index is -1.16. The zero-order valence-corrected chi connectivity index (χ0v) is 5.82. The molecule has 0 bridgehead atoms. The Balaban J connectivity index is 3.36. The summed E-state index contributed by atoms with van der Waals surface area (Å²) in [7, 11) is 0. The molecule has 6 heteroatoms. The summed E-state index contributed by atoms with van der Waals surface area (Å²) in [6, 6.07) is 1.82. The van der Waals surface area contributed by atoms with E-state index >= 15 is 0 Å². The van der Waals surface area contributed by atoms with Gasteiger partial charge in [-0.25, -0.2) is 4.39 Å². The number of rotatable bonds is 1. The largest absolute Gasteiger partial charge is 0.505 e. The quantitative estimate of drug-likeness (QED) is 0.376. The molecular formula is C6H5FN2O3. The van der Waals surface area contributed by atoms with Crippen molar-refractivity contribution in [2.75, 3.05) is 5.73 Å². The highest BCUT2D eigenvalue weighted by molar-refractivity contribution is 5.61. The van der Waals surface area contributed by atoms with Gasteiger partial charge in [-0.1, -0.05) is 0 Å². The highest BCUT2D eigenvalue weighted by atomic mass is 19.1. The summed E-state index contributed by atoms with van der Waals surface area (Å²) in [5.74, 6) is -1.86. The fraction of sp³-hybridized carbons (Fsp3) is 0. The molecule has 1 aromatic rings. The number of anilines is 1. The SMILES string of the molecule is Nc1c([N+](=O)[O-])ccc(O)c1F. The van der Waals surface area contributed by atoms with Crippen molar-refractivity contribution in [2.45, 2.75) is 0 Å². The van der Waals surface area contributed by atoms with E-state index in [0.29, 0.717) is 0 Å².